The fourth-order valence-corrected chi connectivity index (χ4v) is 4.25. The minimum Gasteiger partial charge on any atom is -0.481 e. The molecule has 21 heavy (non-hydrogen) atoms. The number of nitrogens with zero attached hydrogens (tertiary/aromatic N) is 1. The molecule has 3 aromatic rings. The summed E-state index contributed by atoms with van der Waals surface area (Å²) in [6.07, 6.45) is 1.47. The summed E-state index contributed by atoms with van der Waals surface area (Å²) in [7, 11) is 0. The molecule has 4 nitrogen and oxygen atoms in total. The number of aromatic nitrogens is 1. The number of para-hydroxylation sites is 1. The number of fused-ring (bicyclic) bond motifs is 2. The maximum absolute atomic E-state index is 11.3. The number of carbonyl (C=O) groups is 1. The van der Waals surface area contributed by atoms with Gasteiger partial charge in [0.15, 0.2) is 0 Å². The molecule has 4 rings (SSSR count). The summed E-state index contributed by atoms with van der Waals surface area (Å²) < 4.78 is 5.78. The first-order chi connectivity index (χ1) is 10.1. The fourth-order valence-electron chi connectivity index (χ4n) is 3.01. The van der Waals surface area contributed by atoms with Gasteiger partial charge in [-0.3, -0.25) is 4.79 Å². The van der Waals surface area contributed by atoms with Gasteiger partial charge in [0.1, 0.15) is 22.3 Å². The second-order valence-electron chi connectivity index (χ2n) is 5.29. The van der Waals surface area contributed by atoms with Crippen LogP contribution in [0, 0.1) is 6.92 Å². The molecule has 0 fully saturated rings. The highest BCUT2D eigenvalue weighted by molar-refractivity contribution is 7.15. The summed E-state index contributed by atoms with van der Waals surface area (Å²) in [6, 6.07) is 7.87. The van der Waals surface area contributed by atoms with Crippen LogP contribution in [0.3, 0.4) is 0 Å². The van der Waals surface area contributed by atoms with Gasteiger partial charge in [0.25, 0.3) is 0 Å². The normalized spacial score (nSPS) is 17.3. The maximum Gasteiger partial charge on any atom is 0.312 e. The monoisotopic (exact) mass is 299 g/mol. The van der Waals surface area contributed by atoms with Crippen LogP contribution in [-0.2, 0) is 11.2 Å². The van der Waals surface area contributed by atoms with E-state index in [9.17, 15) is 9.90 Å². The lowest BCUT2D eigenvalue weighted by atomic mass is 10.1. The van der Waals surface area contributed by atoms with E-state index in [1.807, 2.05) is 31.2 Å². The molecule has 1 N–H and O–H groups in total. The van der Waals surface area contributed by atoms with Crippen molar-refractivity contribution in [2.24, 2.45) is 0 Å². The third kappa shape index (κ3) is 1.81. The summed E-state index contributed by atoms with van der Waals surface area (Å²) in [4.78, 5) is 17.0. The smallest absolute Gasteiger partial charge is 0.312 e. The summed E-state index contributed by atoms with van der Waals surface area (Å²) in [6.45, 7) is 1.93. The topological polar surface area (TPSA) is 63.3 Å². The van der Waals surface area contributed by atoms with Gasteiger partial charge in [-0.15, -0.1) is 11.3 Å². The number of carboxylic acid groups (broad SMARTS) is 1. The molecule has 1 aromatic carbocycles. The van der Waals surface area contributed by atoms with Crippen LogP contribution in [0.5, 0.6) is 0 Å². The van der Waals surface area contributed by atoms with Crippen molar-refractivity contribution in [3.05, 3.63) is 40.6 Å². The number of rotatable bonds is 2. The first-order valence-electron chi connectivity index (χ1n) is 6.86. The second kappa shape index (κ2) is 4.43. The van der Waals surface area contributed by atoms with Gasteiger partial charge in [-0.25, -0.2) is 4.98 Å². The van der Waals surface area contributed by atoms with Crippen LogP contribution in [0.2, 0.25) is 0 Å². The molecular weight excluding hydrogens is 286 g/mol. The molecule has 1 aliphatic rings. The number of aliphatic carboxylic acids is 1. The van der Waals surface area contributed by atoms with Crippen LogP contribution < -0.4 is 0 Å². The molecule has 0 radical (unpaired) electrons. The molecule has 0 bridgehead atoms. The molecule has 1 atom stereocenters. The Morgan fingerprint density at radius 3 is 3.05 bits per heavy atom. The molecule has 0 aliphatic heterocycles. The van der Waals surface area contributed by atoms with E-state index in [2.05, 4.69) is 4.98 Å². The quantitative estimate of drug-likeness (QED) is 0.777. The summed E-state index contributed by atoms with van der Waals surface area (Å²) in [5.74, 6) is -0.404. The maximum atomic E-state index is 11.3. The van der Waals surface area contributed by atoms with Gasteiger partial charge in [0.2, 0.25) is 0 Å². The minimum atomic E-state index is -0.778. The van der Waals surface area contributed by atoms with Crippen LogP contribution in [0.4, 0.5) is 0 Å². The lowest BCUT2D eigenvalue weighted by molar-refractivity contribution is -0.138. The highest BCUT2D eigenvalue weighted by Gasteiger charge is 2.33. The van der Waals surface area contributed by atoms with Crippen molar-refractivity contribution in [3.8, 4) is 10.6 Å². The number of benzene rings is 1. The van der Waals surface area contributed by atoms with E-state index in [-0.39, 0.29) is 0 Å². The Morgan fingerprint density at radius 1 is 1.43 bits per heavy atom. The molecule has 1 aliphatic carbocycles. The molecule has 0 spiro atoms. The summed E-state index contributed by atoms with van der Waals surface area (Å²) >= 11 is 1.60. The first-order valence-corrected chi connectivity index (χ1v) is 7.67. The zero-order chi connectivity index (χ0) is 14.6. The molecule has 1 unspecified atom stereocenters. The van der Waals surface area contributed by atoms with Crippen molar-refractivity contribution in [2.75, 3.05) is 0 Å². The standard InChI is InChI=1S/C16H13NO3S/c1-8-13(9-4-2-3-5-11(9)20-8)15-17-14-10(16(18)19)6-7-12(14)21-15/h2-5,10H,6-7H2,1H3,(H,18,19). The molecule has 0 saturated heterocycles. The van der Waals surface area contributed by atoms with E-state index >= 15 is 0 Å². The number of hydrogen-bond acceptors (Lipinski definition) is 4. The molecule has 5 heteroatoms. The lowest BCUT2D eigenvalue weighted by Crippen LogP contribution is -2.08. The number of hydrogen-bond donors (Lipinski definition) is 1. The Hall–Kier alpha value is -2.14. The zero-order valence-electron chi connectivity index (χ0n) is 11.4. The zero-order valence-corrected chi connectivity index (χ0v) is 12.2. The Kier molecular flexibility index (Phi) is 2.65. The Balaban J connectivity index is 1.89. The van der Waals surface area contributed by atoms with E-state index < -0.39 is 11.9 Å². The number of aryl methyl sites for hydroxylation is 2. The van der Waals surface area contributed by atoms with Crippen molar-refractivity contribution in [2.45, 2.75) is 25.7 Å². The SMILES string of the molecule is Cc1oc2ccccc2c1-c1nc2c(s1)CCC2C(=O)O. The number of carboxylic acids is 1. The Labute approximate surface area is 125 Å². The van der Waals surface area contributed by atoms with Gasteiger partial charge in [0.05, 0.1) is 11.3 Å². The van der Waals surface area contributed by atoms with Crippen LogP contribution in [0.25, 0.3) is 21.5 Å². The molecule has 2 heterocycles. The van der Waals surface area contributed by atoms with Crippen LogP contribution in [0.15, 0.2) is 28.7 Å². The van der Waals surface area contributed by atoms with E-state index in [4.69, 9.17) is 4.42 Å². The van der Waals surface area contributed by atoms with Gasteiger partial charge in [0, 0.05) is 10.3 Å². The van der Waals surface area contributed by atoms with E-state index in [0.29, 0.717) is 6.42 Å². The van der Waals surface area contributed by atoms with Crippen molar-refractivity contribution in [3.63, 3.8) is 0 Å². The van der Waals surface area contributed by atoms with Crippen LogP contribution >= 0.6 is 11.3 Å². The fraction of sp³-hybridized carbons (Fsp3) is 0.250. The number of furan rings is 1. The molecule has 0 saturated carbocycles. The predicted octanol–water partition coefficient (Wildman–Crippen LogP) is 3.98. The van der Waals surface area contributed by atoms with Crippen molar-refractivity contribution < 1.29 is 14.3 Å². The molecule has 2 aromatic heterocycles. The average molecular weight is 299 g/mol. The van der Waals surface area contributed by atoms with Crippen molar-refractivity contribution in [1.82, 2.24) is 4.98 Å². The first kappa shape index (κ1) is 12.6. The highest BCUT2D eigenvalue weighted by atomic mass is 32.1. The van der Waals surface area contributed by atoms with E-state index in [1.54, 1.807) is 11.3 Å². The van der Waals surface area contributed by atoms with Gasteiger partial charge < -0.3 is 9.52 Å². The summed E-state index contributed by atoms with van der Waals surface area (Å²) in [5.41, 5.74) is 2.58. The Bertz CT molecular complexity index is 862. The largest absolute Gasteiger partial charge is 0.481 e. The predicted molar refractivity (Wildman–Crippen MR) is 80.8 cm³/mol. The number of thiazole rings is 1. The van der Waals surface area contributed by atoms with Crippen molar-refractivity contribution >= 4 is 28.3 Å². The minimum absolute atomic E-state index is 0.455. The third-order valence-corrected chi connectivity index (χ3v) is 5.15. The highest BCUT2D eigenvalue weighted by Crippen LogP contribution is 2.43. The molecule has 0 amide bonds. The van der Waals surface area contributed by atoms with Gasteiger partial charge in [-0.05, 0) is 25.8 Å². The van der Waals surface area contributed by atoms with Gasteiger partial charge in [-0.1, -0.05) is 18.2 Å². The third-order valence-electron chi connectivity index (χ3n) is 4.00. The molecule has 106 valence electrons. The summed E-state index contributed by atoms with van der Waals surface area (Å²) in [5, 5.41) is 11.2. The van der Waals surface area contributed by atoms with E-state index in [1.165, 1.54) is 0 Å². The second-order valence-corrected chi connectivity index (χ2v) is 6.37. The van der Waals surface area contributed by atoms with Gasteiger partial charge in [-0.2, -0.15) is 0 Å². The van der Waals surface area contributed by atoms with Crippen LogP contribution in [-0.4, -0.2) is 16.1 Å². The molecular formula is C16H13NO3S. The van der Waals surface area contributed by atoms with Crippen molar-refractivity contribution in [1.29, 1.82) is 0 Å². The lowest BCUT2D eigenvalue weighted by Gasteiger charge is -2.01. The van der Waals surface area contributed by atoms with Crippen LogP contribution in [0.1, 0.15) is 28.7 Å². The van der Waals surface area contributed by atoms with E-state index in [0.717, 1.165) is 44.3 Å². The Morgan fingerprint density at radius 2 is 2.24 bits per heavy atom. The van der Waals surface area contributed by atoms with Gasteiger partial charge >= 0.3 is 5.97 Å². The average Bonchev–Trinajstić information content (AvgIpc) is 3.07.